The van der Waals surface area contributed by atoms with E-state index < -0.39 is 29.5 Å². The van der Waals surface area contributed by atoms with E-state index in [2.05, 4.69) is 10.6 Å². The SMILES string of the molecule is C[C@@H](NCc1cccc(C(F)(F)F)c1)C(=O)Nc1ccccc1F. The van der Waals surface area contributed by atoms with Gasteiger partial charge in [-0.05, 0) is 30.7 Å². The second kappa shape index (κ2) is 7.44. The van der Waals surface area contributed by atoms with Gasteiger partial charge in [-0.15, -0.1) is 0 Å². The molecule has 0 saturated carbocycles. The number of carbonyl (C=O) groups is 1. The van der Waals surface area contributed by atoms with Gasteiger partial charge >= 0.3 is 6.18 Å². The van der Waals surface area contributed by atoms with E-state index in [0.29, 0.717) is 5.56 Å². The molecule has 2 aromatic carbocycles. The molecule has 128 valence electrons. The summed E-state index contributed by atoms with van der Waals surface area (Å²) >= 11 is 0. The number of para-hydroxylation sites is 1. The van der Waals surface area contributed by atoms with Crippen molar-refractivity contribution in [2.75, 3.05) is 5.32 Å². The molecule has 0 aromatic heterocycles. The van der Waals surface area contributed by atoms with Gasteiger partial charge in [-0.1, -0.05) is 30.3 Å². The Hall–Kier alpha value is -2.41. The lowest BCUT2D eigenvalue weighted by atomic mass is 10.1. The molecule has 2 N–H and O–H groups in total. The third-order valence-corrected chi connectivity index (χ3v) is 3.39. The Kier molecular flexibility index (Phi) is 5.56. The summed E-state index contributed by atoms with van der Waals surface area (Å²) in [6, 6.07) is 9.86. The van der Waals surface area contributed by atoms with Gasteiger partial charge in [0.2, 0.25) is 5.91 Å². The number of nitrogens with one attached hydrogen (secondary N) is 2. The zero-order valence-corrected chi connectivity index (χ0v) is 12.8. The zero-order valence-electron chi connectivity index (χ0n) is 12.8. The summed E-state index contributed by atoms with van der Waals surface area (Å²) in [5.74, 6) is -1.04. The molecule has 0 heterocycles. The molecule has 24 heavy (non-hydrogen) atoms. The van der Waals surface area contributed by atoms with Gasteiger partial charge in [0.15, 0.2) is 0 Å². The van der Waals surface area contributed by atoms with Crippen molar-refractivity contribution in [3.63, 3.8) is 0 Å². The highest BCUT2D eigenvalue weighted by Gasteiger charge is 2.30. The topological polar surface area (TPSA) is 41.1 Å². The summed E-state index contributed by atoms with van der Waals surface area (Å²) in [5.41, 5.74) is -0.296. The van der Waals surface area contributed by atoms with Crippen LogP contribution in [0.5, 0.6) is 0 Å². The van der Waals surface area contributed by atoms with Crippen molar-refractivity contribution < 1.29 is 22.4 Å². The highest BCUT2D eigenvalue weighted by molar-refractivity contribution is 5.94. The molecule has 0 aliphatic rings. The van der Waals surface area contributed by atoms with Crippen molar-refractivity contribution in [2.45, 2.75) is 25.7 Å². The molecule has 0 radical (unpaired) electrons. The number of rotatable bonds is 5. The second-order valence-electron chi connectivity index (χ2n) is 5.27. The fourth-order valence-corrected chi connectivity index (χ4v) is 2.02. The molecule has 1 atom stereocenters. The van der Waals surface area contributed by atoms with Gasteiger partial charge < -0.3 is 10.6 Å². The average molecular weight is 340 g/mol. The van der Waals surface area contributed by atoms with Crippen molar-refractivity contribution >= 4 is 11.6 Å². The predicted octanol–water partition coefficient (Wildman–Crippen LogP) is 3.96. The Bertz CT molecular complexity index is 716. The first-order chi connectivity index (χ1) is 11.3. The Balaban J connectivity index is 1.94. The quantitative estimate of drug-likeness (QED) is 0.809. The predicted molar refractivity (Wildman–Crippen MR) is 82.8 cm³/mol. The molecule has 0 bridgehead atoms. The Morgan fingerprint density at radius 1 is 1.12 bits per heavy atom. The van der Waals surface area contributed by atoms with Crippen molar-refractivity contribution in [1.82, 2.24) is 5.32 Å². The summed E-state index contributed by atoms with van der Waals surface area (Å²) in [7, 11) is 0. The number of hydrogen-bond acceptors (Lipinski definition) is 2. The van der Waals surface area contributed by atoms with E-state index in [0.717, 1.165) is 12.1 Å². The Labute approximate surface area is 136 Å². The number of carbonyl (C=O) groups excluding carboxylic acids is 1. The number of halogens is 4. The number of anilines is 1. The summed E-state index contributed by atoms with van der Waals surface area (Å²) in [6.45, 7) is 1.62. The molecular formula is C17H16F4N2O. The summed E-state index contributed by atoms with van der Waals surface area (Å²) < 4.78 is 51.4. The molecule has 2 rings (SSSR count). The normalized spacial score (nSPS) is 12.7. The van der Waals surface area contributed by atoms with Crippen molar-refractivity contribution in [1.29, 1.82) is 0 Å². The molecule has 3 nitrogen and oxygen atoms in total. The fourth-order valence-electron chi connectivity index (χ4n) is 2.02. The maximum absolute atomic E-state index is 13.5. The maximum Gasteiger partial charge on any atom is 0.416 e. The van der Waals surface area contributed by atoms with Crippen LogP contribution in [-0.2, 0) is 17.5 Å². The van der Waals surface area contributed by atoms with Crippen LogP contribution in [0.25, 0.3) is 0 Å². The molecule has 2 aromatic rings. The third kappa shape index (κ3) is 4.79. The first-order valence-corrected chi connectivity index (χ1v) is 7.22. The van der Waals surface area contributed by atoms with Crippen LogP contribution in [0.2, 0.25) is 0 Å². The van der Waals surface area contributed by atoms with Crippen LogP contribution in [0.1, 0.15) is 18.1 Å². The van der Waals surface area contributed by atoms with E-state index in [1.165, 1.54) is 30.3 Å². The lowest BCUT2D eigenvalue weighted by Gasteiger charge is -2.15. The highest BCUT2D eigenvalue weighted by Crippen LogP contribution is 2.29. The summed E-state index contributed by atoms with van der Waals surface area (Å²) in [5, 5.41) is 5.24. The number of amides is 1. The minimum atomic E-state index is -4.41. The largest absolute Gasteiger partial charge is 0.416 e. The van der Waals surface area contributed by atoms with Gasteiger partial charge in [0, 0.05) is 6.54 Å². The van der Waals surface area contributed by atoms with E-state index in [1.54, 1.807) is 13.0 Å². The van der Waals surface area contributed by atoms with E-state index in [1.807, 2.05) is 0 Å². The van der Waals surface area contributed by atoms with Crippen molar-refractivity contribution in [2.24, 2.45) is 0 Å². The average Bonchev–Trinajstić information content (AvgIpc) is 2.54. The van der Waals surface area contributed by atoms with Crippen LogP contribution in [0.3, 0.4) is 0 Å². The monoisotopic (exact) mass is 340 g/mol. The molecule has 0 aliphatic carbocycles. The summed E-state index contributed by atoms with van der Waals surface area (Å²) in [6.07, 6.45) is -4.41. The van der Waals surface area contributed by atoms with Gasteiger partial charge in [-0.25, -0.2) is 4.39 Å². The van der Waals surface area contributed by atoms with Crippen LogP contribution >= 0.6 is 0 Å². The Morgan fingerprint density at radius 2 is 1.83 bits per heavy atom. The van der Waals surface area contributed by atoms with Gasteiger partial charge in [-0.2, -0.15) is 13.2 Å². The molecule has 0 aliphatic heterocycles. The molecular weight excluding hydrogens is 324 g/mol. The van der Waals surface area contributed by atoms with Crippen LogP contribution in [0, 0.1) is 5.82 Å². The van der Waals surface area contributed by atoms with E-state index in [9.17, 15) is 22.4 Å². The molecule has 0 fully saturated rings. The molecule has 0 saturated heterocycles. The first kappa shape index (κ1) is 17.9. The van der Waals surface area contributed by atoms with E-state index in [4.69, 9.17) is 0 Å². The lowest BCUT2D eigenvalue weighted by Crippen LogP contribution is -2.37. The molecule has 1 amide bonds. The van der Waals surface area contributed by atoms with Crippen LogP contribution < -0.4 is 10.6 Å². The van der Waals surface area contributed by atoms with Crippen molar-refractivity contribution in [3.05, 3.63) is 65.5 Å². The fraction of sp³-hybridized carbons (Fsp3) is 0.235. The van der Waals surface area contributed by atoms with Gasteiger partial charge in [0.1, 0.15) is 5.82 Å². The van der Waals surface area contributed by atoms with E-state index >= 15 is 0 Å². The number of benzene rings is 2. The first-order valence-electron chi connectivity index (χ1n) is 7.22. The minimum Gasteiger partial charge on any atom is -0.322 e. The summed E-state index contributed by atoms with van der Waals surface area (Å²) in [4.78, 5) is 12.0. The second-order valence-corrected chi connectivity index (χ2v) is 5.27. The highest BCUT2D eigenvalue weighted by atomic mass is 19.4. The smallest absolute Gasteiger partial charge is 0.322 e. The molecule has 0 unspecified atom stereocenters. The maximum atomic E-state index is 13.5. The standard InChI is InChI=1S/C17H16F4N2O/c1-11(16(24)23-15-8-3-2-7-14(15)18)22-10-12-5-4-6-13(9-12)17(19,20)21/h2-9,11,22H,10H2,1H3,(H,23,24)/t11-/m1/s1. The Morgan fingerprint density at radius 3 is 2.50 bits per heavy atom. The molecule has 0 spiro atoms. The third-order valence-electron chi connectivity index (χ3n) is 3.39. The van der Waals surface area contributed by atoms with E-state index in [-0.39, 0.29) is 12.2 Å². The van der Waals surface area contributed by atoms with Gasteiger partial charge in [0.25, 0.3) is 0 Å². The number of hydrogen-bond donors (Lipinski definition) is 2. The van der Waals surface area contributed by atoms with Crippen LogP contribution in [0.15, 0.2) is 48.5 Å². The van der Waals surface area contributed by atoms with Gasteiger partial charge in [0.05, 0.1) is 17.3 Å². The molecule has 7 heteroatoms. The van der Waals surface area contributed by atoms with Crippen LogP contribution in [-0.4, -0.2) is 11.9 Å². The van der Waals surface area contributed by atoms with Gasteiger partial charge in [-0.3, -0.25) is 4.79 Å². The number of alkyl halides is 3. The minimum absolute atomic E-state index is 0.0511. The van der Waals surface area contributed by atoms with Crippen LogP contribution in [0.4, 0.5) is 23.2 Å². The van der Waals surface area contributed by atoms with Crippen molar-refractivity contribution in [3.8, 4) is 0 Å². The zero-order chi connectivity index (χ0) is 17.7. The lowest BCUT2D eigenvalue weighted by molar-refractivity contribution is -0.137.